The monoisotopic (exact) mass is 280 g/mol. The lowest BCUT2D eigenvalue weighted by Crippen LogP contribution is -2.42. The maximum atomic E-state index is 5.78. The van der Waals surface area contributed by atoms with Crippen molar-refractivity contribution in [1.29, 1.82) is 0 Å². The van der Waals surface area contributed by atoms with Crippen molar-refractivity contribution < 1.29 is 0 Å². The highest BCUT2D eigenvalue weighted by Crippen LogP contribution is 2.31. The summed E-state index contributed by atoms with van der Waals surface area (Å²) in [7, 11) is 1.71. The third-order valence-corrected chi connectivity index (χ3v) is 4.07. The van der Waals surface area contributed by atoms with Crippen LogP contribution in [0.15, 0.2) is 47.7 Å². The fourth-order valence-electron chi connectivity index (χ4n) is 3.01. The lowest BCUT2D eigenvalue weighted by atomic mass is 9.84. The number of guanidine groups is 1. The highest BCUT2D eigenvalue weighted by molar-refractivity contribution is 5.78. The molecule has 0 saturated carbocycles. The van der Waals surface area contributed by atoms with Gasteiger partial charge in [-0.3, -0.25) is 9.98 Å². The molecule has 0 aliphatic heterocycles. The van der Waals surface area contributed by atoms with Gasteiger partial charge < -0.3 is 11.1 Å². The third-order valence-electron chi connectivity index (χ3n) is 4.07. The molecule has 1 aliphatic carbocycles. The number of nitrogens with two attached hydrogens (primary N) is 1. The number of nitrogens with zero attached hydrogens (tertiary/aromatic N) is 2. The molecule has 21 heavy (non-hydrogen) atoms. The summed E-state index contributed by atoms with van der Waals surface area (Å²) in [4.78, 5) is 8.08. The zero-order chi connectivity index (χ0) is 14.7. The summed E-state index contributed by atoms with van der Waals surface area (Å²) in [5.74, 6) is 0.522. The Morgan fingerprint density at radius 1 is 1.29 bits per heavy atom. The van der Waals surface area contributed by atoms with Gasteiger partial charge in [-0.2, -0.15) is 0 Å². The molecule has 1 aromatic carbocycles. The van der Waals surface area contributed by atoms with Crippen molar-refractivity contribution in [2.24, 2.45) is 10.7 Å². The molecule has 1 aliphatic rings. The molecule has 0 bridgehead atoms. The first-order valence-electron chi connectivity index (χ1n) is 7.28. The van der Waals surface area contributed by atoms with E-state index in [1.165, 1.54) is 22.3 Å². The Bertz CT molecular complexity index is 649. The summed E-state index contributed by atoms with van der Waals surface area (Å²) in [6, 6.07) is 11.1. The molecule has 3 rings (SSSR count). The average molecular weight is 280 g/mol. The zero-order valence-electron chi connectivity index (χ0n) is 12.2. The van der Waals surface area contributed by atoms with E-state index in [1.807, 2.05) is 12.4 Å². The number of fused-ring (bicyclic) bond motifs is 1. The first-order valence-corrected chi connectivity index (χ1v) is 7.28. The number of nitrogens with one attached hydrogen (secondary N) is 1. The SMILES string of the molecule is CN=C(N)NC1CCc2c(cccc2-c2ccncc2)C1. The fourth-order valence-corrected chi connectivity index (χ4v) is 3.01. The molecule has 1 unspecified atom stereocenters. The maximum absolute atomic E-state index is 5.78. The summed E-state index contributed by atoms with van der Waals surface area (Å²) in [6.07, 6.45) is 6.82. The van der Waals surface area contributed by atoms with Crippen LogP contribution in [0, 0.1) is 0 Å². The number of aromatic nitrogens is 1. The first-order chi connectivity index (χ1) is 10.3. The zero-order valence-corrected chi connectivity index (χ0v) is 12.2. The summed E-state index contributed by atoms with van der Waals surface area (Å²) in [5.41, 5.74) is 11.2. The molecule has 108 valence electrons. The molecular weight excluding hydrogens is 260 g/mol. The van der Waals surface area contributed by atoms with Crippen LogP contribution in [0.1, 0.15) is 17.5 Å². The molecule has 0 radical (unpaired) electrons. The lowest BCUT2D eigenvalue weighted by Gasteiger charge is -2.27. The fraction of sp³-hybridized carbons (Fsp3) is 0.294. The van der Waals surface area contributed by atoms with Gasteiger partial charge in [-0.1, -0.05) is 18.2 Å². The van der Waals surface area contributed by atoms with E-state index in [0.717, 1.165) is 19.3 Å². The minimum Gasteiger partial charge on any atom is -0.370 e. The van der Waals surface area contributed by atoms with Crippen LogP contribution in [0.4, 0.5) is 0 Å². The second-order valence-corrected chi connectivity index (χ2v) is 5.37. The molecule has 0 amide bonds. The molecule has 1 atom stereocenters. The van der Waals surface area contributed by atoms with Gasteiger partial charge in [0.1, 0.15) is 0 Å². The number of hydrogen-bond donors (Lipinski definition) is 2. The van der Waals surface area contributed by atoms with Crippen molar-refractivity contribution in [3.63, 3.8) is 0 Å². The minimum atomic E-state index is 0.369. The topological polar surface area (TPSA) is 63.3 Å². The van der Waals surface area contributed by atoms with Gasteiger partial charge in [0.25, 0.3) is 0 Å². The van der Waals surface area contributed by atoms with Crippen LogP contribution in [0.2, 0.25) is 0 Å². The minimum absolute atomic E-state index is 0.369. The Morgan fingerprint density at radius 2 is 2.10 bits per heavy atom. The van der Waals surface area contributed by atoms with Gasteiger partial charge in [0.05, 0.1) is 0 Å². The quantitative estimate of drug-likeness (QED) is 0.654. The highest BCUT2D eigenvalue weighted by atomic mass is 15.1. The summed E-state index contributed by atoms with van der Waals surface area (Å²) in [5, 5.41) is 3.29. The number of pyridine rings is 1. The Hall–Kier alpha value is -2.36. The van der Waals surface area contributed by atoms with Crippen molar-refractivity contribution in [3.8, 4) is 11.1 Å². The van der Waals surface area contributed by atoms with E-state index in [9.17, 15) is 0 Å². The predicted molar refractivity (Wildman–Crippen MR) is 86.2 cm³/mol. The van der Waals surface area contributed by atoms with Crippen LogP contribution in [0.25, 0.3) is 11.1 Å². The van der Waals surface area contributed by atoms with Crippen molar-refractivity contribution in [3.05, 3.63) is 53.9 Å². The number of hydrogen-bond acceptors (Lipinski definition) is 2. The largest absolute Gasteiger partial charge is 0.370 e. The standard InChI is InChI=1S/C17H20N4/c1-19-17(18)21-14-5-6-16-13(11-14)3-2-4-15(16)12-7-9-20-10-8-12/h2-4,7-10,14H,5-6,11H2,1H3,(H3,18,19,21). The summed E-state index contributed by atoms with van der Waals surface area (Å²) in [6.45, 7) is 0. The Labute approximate surface area is 125 Å². The van der Waals surface area contributed by atoms with Gasteiger partial charge in [0, 0.05) is 25.5 Å². The van der Waals surface area contributed by atoms with E-state index in [2.05, 4.69) is 45.6 Å². The smallest absolute Gasteiger partial charge is 0.188 e. The van der Waals surface area contributed by atoms with E-state index in [0.29, 0.717) is 12.0 Å². The molecule has 3 N–H and O–H groups in total. The van der Waals surface area contributed by atoms with Crippen LogP contribution in [0.5, 0.6) is 0 Å². The molecule has 2 aromatic rings. The molecule has 1 aromatic heterocycles. The highest BCUT2D eigenvalue weighted by Gasteiger charge is 2.21. The van der Waals surface area contributed by atoms with Crippen LogP contribution < -0.4 is 11.1 Å². The molecule has 1 heterocycles. The number of benzene rings is 1. The van der Waals surface area contributed by atoms with E-state index >= 15 is 0 Å². The van der Waals surface area contributed by atoms with Gasteiger partial charge in [-0.05, 0) is 53.6 Å². The van der Waals surface area contributed by atoms with E-state index in [4.69, 9.17) is 5.73 Å². The van der Waals surface area contributed by atoms with Gasteiger partial charge in [-0.25, -0.2) is 0 Å². The van der Waals surface area contributed by atoms with Crippen LogP contribution in [-0.2, 0) is 12.8 Å². The van der Waals surface area contributed by atoms with E-state index in [1.54, 1.807) is 7.05 Å². The van der Waals surface area contributed by atoms with Gasteiger partial charge in [0.2, 0.25) is 0 Å². The maximum Gasteiger partial charge on any atom is 0.188 e. The lowest BCUT2D eigenvalue weighted by molar-refractivity contribution is 0.527. The van der Waals surface area contributed by atoms with Crippen molar-refractivity contribution in [2.75, 3.05) is 7.05 Å². The van der Waals surface area contributed by atoms with Crippen molar-refractivity contribution in [2.45, 2.75) is 25.3 Å². The van der Waals surface area contributed by atoms with Gasteiger partial charge in [-0.15, -0.1) is 0 Å². The summed E-state index contributed by atoms with van der Waals surface area (Å²) < 4.78 is 0. The van der Waals surface area contributed by atoms with Crippen LogP contribution >= 0.6 is 0 Å². The Kier molecular flexibility index (Phi) is 3.86. The molecule has 0 saturated heterocycles. The second kappa shape index (κ2) is 5.95. The molecule has 0 spiro atoms. The first kappa shape index (κ1) is 13.6. The average Bonchev–Trinajstić information content (AvgIpc) is 2.54. The normalized spacial score (nSPS) is 18.1. The van der Waals surface area contributed by atoms with Crippen molar-refractivity contribution in [1.82, 2.24) is 10.3 Å². The second-order valence-electron chi connectivity index (χ2n) is 5.37. The number of rotatable bonds is 2. The third kappa shape index (κ3) is 2.89. The van der Waals surface area contributed by atoms with Crippen molar-refractivity contribution >= 4 is 5.96 Å². The molecular formula is C17H20N4. The van der Waals surface area contributed by atoms with E-state index in [-0.39, 0.29) is 0 Å². The Morgan fingerprint density at radius 3 is 2.86 bits per heavy atom. The number of aliphatic imine (C=N–C) groups is 1. The Balaban J connectivity index is 1.88. The van der Waals surface area contributed by atoms with Gasteiger partial charge in [0.15, 0.2) is 5.96 Å². The van der Waals surface area contributed by atoms with Crippen LogP contribution in [-0.4, -0.2) is 24.0 Å². The molecule has 4 heteroatoms. The summed E-state index contributed by atoms with van der Waals surface area (Å²) >= 11 is 0. The molecule has 0 fully saturated rings. The van der Waals surface area contributed by atoms with Crippen LogP contribution in [0.3, 0.4) is 0 Å². The van der Waals surface area contributed by atoms with Gasteiger partial charge >= 0.3 is 0 Å². The predicted octanol–water partition coefficient (Wildman–Crippen LogP) is 2.14. The van der Waals surface area contributed by atoms with E-state index < -0.39 is 0 Å². The molecule has 4 nitrogen and oxygen atoms in total.